The van der Waals surface area contributed by atoms with Gasteiger partial charge >= 0.3 is 0 Å². The van der Waals surface area contributed by atoms with E-state index in [9.17, 15) is 4.79 Å². The highest BCUT2D eigenvalue weighted by Crippen LogP contribution is 2.29. The van der Waals surface area contributed by atoms with Gasteiger partial charge in [-0.15, -0.1) is 11.3 Å². The number of piperazine rings is 1. The summed E-state index contributed by atoms with van der Waals surface area (Å²) in [6.45, 7) is 5.13. The molecule has 0 radical (unpaired) electrons. The second-order valence-electron chi connectivity index (χ2n) is 6.41. The van der Waals surface area contributed by atoms with Gasteiger partial charge in [-0.1, -0.05) is 48.5 Å². The highest BCUT2D eigenvalue weighted by atomic mass is 32.1. The Morgan fingerprint density at radius 1 is 0.923 bits per heavy atom. The van der Waals surface area contributed by atoms with Crippen LogP contribution in [0.5, 0.6) is 0 Å². The summed E-state index contributed by atoms with van der Waals surface area (Å²) in [5.74, 6) is 0.106. The molecule has 3 aromatic rings. The van der Waals surface area contributed by atoms with Crippen LogP contribution in [-0.4, -0.2) is 42.0 Å². The van der Waals surface area contributed by atoms with E-state index >= 15 is 0 Å². The minimum Gasteiger partial charge on any atom is -0.368 e. The van der Waals surface area contributed by atoms with Crippen molar-refractivity contribution in [3.05, 3.63) is 71.2 Å². The third-order valence-electron chi connectivity index (χ3n) is 4.70. The summed E-state index contributed by atoms with van der Waals surface area (Å²) in [5.41, 5.74) is 3.11. The molecule has 1 saturated heterocycles. The molecule has 4 nitrogen and oxygen atoms in total. The van der Waals surface area contributed by atoms with Gasteiger partial charge in [0.1, 0.15) is 9.88 Å². The maximum atomic E-state index is 13.0. The van der Waals surface area contributed by atoms with Gasteiger partial charge in [-0.05, 0) is 19.1 Å². The van der Waals surface area contributed by atoms with Gasteiger partial charge in [0.05, 0.1) is 5.69 Å². The van der Waals surface area contributed by atoms with Crippen molar-refractivity contribution in [1.82, 2.24) is 9.88 Å². The van der Waals surface area contributed by atoms with Crippen molar-refractivity contribution >= 4 is 22.9 Å². The summed E-state index contributed by atoms with van der Waals surface area (Å²) in [6.07, 6.45) is 0. The smallest absolute Gasteiger partial charge is 0.265 e. The number of carbonyl (C=O) groups excluding carboxylic acids is 1. The molecular formula is C21H21N3OS. The van der Waals surface area contributed by atoms with Gasteiger partial charge in [0.15, 0.2) is 0 Å². The highest BCUT2D eigenvalue weighted by Gasteiger charge is 2.25. The summed E-state index contributed by atoms with van der Waals surface area (Å²) in [7, 11) is 0. The Bertz CT molecular complexity index is 884. The molecule has 0 N–H and O–H groups in total. The molecule has 0 atom stereocenters. The minimum atomic E-state index is 0.106. The number of rotatable bonds is 3. The number of amides is 1. The SMILES string of the molecule is Cc1nc(-c2ccccc2)sc1C(=O)N1CCN(c2ccccc2)CC1. The maximum absolute atomic E-state index is 13.0. The molecule has 1 aliphatic rings. The van der Waals surface area contributed by atoms with Gasteiger partial charge in [-0.2, -0.15) is 0 Å². The predicted octanol–water partition coefficient (Wildman–Crippen LogP) is 4.08. The Balaban J connectivity index is 1.47. The van der Waals surface area contributed by atoms with Crippen molar-refractivity contribution in [1.29, 1.82) is 0 Å². The number of nitrogens with zero attached hydrogens (tertiary/aromatic N) is 3. The lowest BCUT2D eigenvalue weighted by Crippen LogP contribution is -2.48. The Kier molecular flexibility index (Phi) is 4.71. The Morgan fingerprint density at radius 3 is 2.19 bits per heavy atom. The number of thiazole rings is 1. The number of anilines is 1. The van der Waals surface area contributed by atoms with Crippen LogP contribution in [-0.2, 0) is 0 Å². The molecule has 0 saturated carbocycles. The number of benzene rings is 2. The van der Waals surface area contributed by atoms with Gasteiger partial charge < -0.3 is 9.80 Å². The first-order valence-electron chi connectivity index (χ1n) is 8.84. The molecule has 0 aliphatic carbocycles. The molecule has 1 aromatic heterocycles. The fraction of sp³-hybridized carbons (Fsp3) is 0.238. The lowest BCUT2D eigenvalue weighted by atomic mass is 10.2. The normalized spacial score (nSPS) is 14.5. The predicted molar refractivity (Wildman–Crippen MR) is 107 cm³/mol. The Morgan fingerprint density at radius 2 is 1.54 bits per heavy atom. The molecule has 0 bridgehead atoms. The van der Waals surface area contributed by atoms with Gasteiger partial charge in [0.25, 0.3) is 5.91 Å². The van der Waals surface area contributed by atoms with Crippen LogP contribution in [0, 0.1) is 6.92 Å². The summed E-state index contributed by atoms with van der Waals surface area (Å²) in [5, 5.41) is 0.911. The van der Waals surface area contributed by atoms with Crippen LogP contribution in [0.2, 0.25) is 0 Å². The molecule has 2 aromatic carbocycles. The molecule has 2 heterocycles. The molecule has 1 fully saturated rings. The summed E-state index contributed by atoms with van der Waals surface area (Å²) < 4.78 is 0. The average molecular weight is 363 g/mol. The van der Waals surface area contributed by atoms with Crippen LogP contribution in [0.25, 0.3) is 10.6 Å². The average Bonchev–Trinajstić information content (AvgIpc) is 3.10. The van der Waals surface area contributed by atoms with Crippen LogP contribution >= 0.6 is 11.3 Å². The van der Waals surface area contributed by atoms with E-state index in [4.69, 9.17) is 0 Å². The molecule has 132 valence electrons. The Hall–Kier alpha value is -2.66. The molecule has 1 aliphatic heterocycles. The third kappa shape index (κ3) is 3.35. The molecule has 0 unspecified atom stereocenters. The summed E-state index contributed by atoms with van der Waals surface area (Å²) in [4.78, 5) is 22.7. The molecular weight excluding hydrogens is 342 g/mol. The van der Waals surface area contributed by atoms with E-state index in [-0.39, 0.29) is 5.91 Å². The van der Waals surface area contributed by atoms with Crippen molar-refractivity contribution in [2.24, 2.45) is 0 Å². The van der Waals surface area contributed by atoms with E-state index in [1.54, 1.807) is 0 Å². The molecule has 4 rings (SSSR count). The van der Waals surface area contributed by atoms with Crippen molar-refractivity contribution in [2.75, 3.05) is 31.1 Å². The van der Waals surface area contributed by atoms with Crippen molar-refractivity contribution in [2.45, 2.75) is 6.92 Å². The monoisotopic (exact) mass is 363 g/mol. The molecule has 5 heteroatoms. The van der Waals surface area contributed by atoms with Crippen molar-refractivity contribution in [3.63, 3.8) is 0 Å². The quantitative estimate of drug-likeness (QED) is 0.703. The van der Waals surface area contributed by atoms with E-state index in [0.29, 0.717) is 0 Å². The Labute approximate surface area is 157 Å². The molecule has 0 spiro atoms. The fourth-order valence-corrected chi connectivity index (χ4v) is 4.29. The molecule has 26 heavy (non-hydrogen) atoms. The largest absolute Gasteiger partial charge is 0.368 e. The maximum Gasteiger partial charge on any atom is 0.265 e. The van der Waals surface area contributed by atoms with Crippen LogP contribution in [0.3, 0.4) is 0 Å². The zero-order valence-corrected chi connectivity index (χ0v) is 15.6. The number of aromatic nitrogens is 1. The highest BCUT2D eigenvalue weighted by molar-refractivity contribution is 7.17. The van der Waals surface area contributed by atoms with Gasteiger partial charge in [-0.3, -0.25) is 4.79 Å². The van der Waals surface area contributed by atoms with Gasteiger partial charge in [0, 0.05) is 37.4 Å². The number of para-hydroxylation sites is 1. The zero-order chi connectivity index (χ0) is 17.9. The van der Waals surface area contributed by atoms with E-state index in [1.807, 2.05) is 48.2 Å². The number of hydrogen-bond donors (Lipinski definition) is 0. The van der Waals surface area contributed by atoms with E-state index in [0.717, 1.165) is 47.3 Å². The summed E-state index contributed by atoms with van der Waals surface area (Å²) >= 11 is 1.50. The second kappa shape index (κ2) is 7.30. The van der Waals surface area contributed by atoms with Crippen molar-refractivity contribution in [3.8, 4) is 10.6 Å². The summed E-state index contributed by atoms with van der Waals surface area (Å²) in [6, 6.07) is 20.4. The number of hydrogen-bond acceptors (Lipinski definition) is 4. The van der Waals surface area contributed by atoms with Crippen molar-refractivity contribution < 1.29 is 4.79 Å². The standard InChI is InChI=1S/C21H21N3OS/c1-16-19(26-20(22-16)17-8-4-2-5-9-17)21(25)24-14-12-23(13-15-24)18-10-6-3-7-11-18/h2-11H,12-15H2,1H3. The van der Waals surface area contributed by atoms with Gasteiger partial charge in [0.2, 0.25) is 0 Å². The topological polar surface area (TPSA) is 36.4 Å². The lowest BCUT2D eigenvalue weighted by molar-refractivity contribution is 0.0750. The third-order valence-corrected chi connectivity index (χ3v) is 5.89. The van der Waals surface area contributed by atoms with E-state index in [1.165, 1.54) is 17.0 Å². The van der Waals surface area contributed by atoms with Crippen LogP contribution in [0.15, 0.2) is 60.7 Å². The molecule has 1 amide bonds. The fourth-order valence-electron chi connectivity index (χ4n) is 3.25. The minimum absolute atomic E-state index is 0.106. The van der Waals surface area contributed by atoms with Crippen LogP contribution in [0.4, 0.5) is 5.69 Å². The van der Waals surface area contributed by atoms with Crippen LogP contribution in [0.1, 0.15) is 15.4 Å². The number of aryl methyl sites for hydroxylation is 1. The van der Waals surface area contributed by atoms with E-state index in [2.05, 4.69) is 34.1 Å². The van der Waals surface area contributed by atoms with E-state index < -0.39 is 0 Å². The lowest BCUT2D eigenvalue weighted by Gasteiger charge is -2.36. The van der Waals surface area contributed by atoms with Crippen LogP contribution < -0.4 is 4.90 Å². The first-order valence-corrected chi connectivity index (χ1v) is 9.66. The number of carbonyl (C=O) groups is 1. The first-order chi connectivity index (χ1) is 12.7. The second-order valence-corrected chi connectivity index (χ2v) is 7.41. The zero-order valence-electron chi connectivity index (χ0n) is 14.8. The van der Waals surface area contributed by atoms with Gasteiger partial charge in [-0.25, -0.2) is 4.98 Å². The first kappa shape index (κ1) is 16.8.